The van der Waals surface area contributed by atoms with E-state index in [9.17, 15) is 0 Å². The van der Waals surface area contributed by atoms with E-state index in [1.165, 1.54) is 0 Å². The van der Waals surface area contributed by atoms with E-state index in [0.29, 0.717) is 23.0 Å². The highest BCUT2D eigenvalue weighted by molar-refractivity contribution is 5.46. The highest BCUT2D eigenvalue weighted by Gasteiger charge is 2.06. The smallest absolute Gasteiger partial charge is 0.189 e. The molecule has 0 fully saturated rings. The molecule has 3 rings (SSSR count). The number of ether oxygens (including phenoxy) is 2. The molecular formula is C14H14N4O2. The highest BCUT2D eigenvalue weighted by Crippen LogP contribution is 2.19. The fourth-order valence-electron chi connectivity index (χ4n) is 1.87. The van der Waals surface area contributed by atoms with Crippen LogP contribution in [-0.2, 0) is 6.61 Å². The molecule has 6 heteroatoms. The van der Waals surface area contributed by atoms with E-state index in [4.69, 9.17) is 15.2 Å². The number of anilines is 1. The van der Waals surface area contributed by atoms with Crippen molar-refractivity contribution in [3.8, 4) is 11.5 Å². The van der Waals surface area contributed by atoms with Gasteiger partial charge in [-0.2, -0.15) is 4.52 Å². The van der Waals surface area contributed by atoms with Gasteiger partial charge in [-0.15, -0.1) is 5.10 Å². The Kier molecular flexibility index (Phi) is 3.12. The van der Waals surface area contributed by atoms with Gasteiger partial charge in [0.15, 0.2) is 11.5 Å². The summed E-state index contributed by atoms with van der Waals surface area (Å²) in [5.74, 6) is 2.57. The number of hydrogen-bond donors (Lipinski definition) is 1. The van der Waals surface area contributed by atoms with E-state index >= 15 is 0 Å². The average Bonchev–Trinajstić information content (AvgIpc) is 2.90. The van der Waals surface area contributed by atoms with Crippen LogP contribution in [0.2, 0.25) is 0 Å². The van der Waals surface area contributed by atoms with Crippen molar-refractivity contribution in [3.05, 3.63) is 48.3 Å². The van der Waals surface area contributed by atoms with Crippen LogP contribution < -0.4 is 15.2 Å². The van der Waals surface area contributed by atoms with E-state index in [2.05, 4.69) is 10.1 Å². The van der Waals surface area contributed by atoms with Gasteiger partial charge in [0.25, 0.3) is 0 Å². The Balaban J connectivity index is 1.78. The lowest BCUT2D eigenvalue weighted by molar-refractivity contribution is 0.294. The Labute approximate surface area is 115 Å². The van der Waals surface area contributed by atoms with E-state index in [1.54, 1.807) is 17.7 Å². The van der Waals surface area contributed by atoms with Crippen molar-refractivity contribution in [3.63, 3.8) is 0 Å². The van der Waals surface area contributed by atoms with Gasteiger partial charge in [0.2, 0.25) is 0 Å². The topological polar surface area (TPSA) is 74.7 Å². The second-order valence-corrected chi connectivity index (χ2v) is 4.22. The van der Waals surface area contributed by atoms with Crippen molar-refractivity contribution in [1.29, 1.82) is 0 Å². The number of fused-ring (bicyclic) bond motifs is 1. The van der Waals surface area contributed by atoms with Crippen molar-refractivity contribution in [1.82, 2.24) is 14.6 Å². The fraction of sp³-hybridized carbons (Fsp3) is 0.143. The van der Waals surface area contributed by atoms with Crippen molar-refractivity contribution in [2.24, 2.45) is 0 Å². The van der Waals surface area contributed by atoms with Crippen LogP contribution in [0.5, 0.6) is 11.5 Å². The molecule has 0 spiro atoms. The number of nitrogens with two attached hydrogens (primary N) is 1. The number of methoxy groups -OCH3 is 1. The van der Waals surface area contributed by atoms with E-state index in [0.717, 1.165) is 5.75 Å². The summed E-state index contributed by atoms with van der Waals surface area (Å²) in [6.07, 6.45) is 0. The van der Waals surface area contributed by atoms with Crippen LogP contribution >= 0.6 is 0 Å². The van der Waals surface area contributed by atoms with Gasteiger partial charge in [-0.05, 0) is 24.3 Å². The third-order valence-electron chi connectivity index (χ3n) is 2.84. The number of hydrogen-bond acceptors (Lipinski definition) is 5. The van der Waals surface area contributed by atoms with Crippen LogP contribution in [0, 0.1) is 0 Å². The van der Waals surface area contributed by atoms with Gasteiger partial charge in [-0.1, -0.05) is 12.1 Å². The lowest BCUT2D eigenvalue weighted by Gasteiger charge is -2.05. The second kappa shape index (κ2) is 5.08. The molecule has 3 aromatic rings. The molecule has 102 valence electrons. The minimum atomic E-state index is 0.272. The number of rotatable bonds is 4. The first-order valence-corrected chi connectivity index (χ1v) is 6.13. The fourth-order valence-corrected chi connectivity index (χ4v) is 1.87. The number of aromatic nitrogens is 3. The largest absolute Gasteiger partial charge is 0.497 e. The standard InChI is InChI=1S/C14H14N4O2/c1-19-10-4-2-5-11(8-10)20-9-13-16-14-7-3-6-12(15)18(14)17-13/h2-8H,9,15H2,1H3. The minimum absolute atomic E-state index is 0.272. The van der Waals surface area contributed by atoms with Gasteiger partial charge in [0, 0.05) is 6.07 Å². The van der Waals surface area contributed by atoms with Gasteiger partial charge in [0.1, 0.15) is 23.9 Å². The number of benzene rings is 1. The zero-order chi connectivity index (χ0) is 13.9. The molecule has 0 saturated carbocycles. The van der Waals surface area contributed by atoms with Gasteiger partial charge >= 0.3 is 0 Å². The van der Waals surface area contributed by atoms with Gasteiger partial charge in [0.05, 0.1) is 7.11 Å². The Morgan fingerprint density at radius 2 is 1.95 bits per heavy atom. The molecule has 0 aliphatic rings. The molecule has 2 heterocycles. The predicted molar refractivity (Wildman–Crippen MR) is 74.7 cm³/mol. The van der Waals surface area contributed by atoms with Crippen LogP contribution in [0.1, 0.15) is 5.82 Å². The zero-order valence-corrected chi connectivity index (χ0v) is 11.0. The number of nitrogen functional groups attached to an aromatic ring is 1. The molecule has 0 radical (unpaired) electrons. The first-order chi connectivity index (χ1) is 9.76. The zero-order valence-electron chi connectivity index (χ0n) is 11.0. The summed E-state index contributed by atoms with van der Waals surface area (Å²) in [6, 6.07) is 12.8. The number of pyridine rings is 1. The molecule has 0 bridgehead atoms. The first kappa shape index (κ1) is 12.3. The minimum Gasteiger partial charge on any atom is -0.497 e. The molecule has 2 aromatic heterocycles. The molecule has 1 aromatic carbocycles. The monoisotopic (exact) mass is 270 g/mol. The molecule has 2 N–H and O–H groups in total. The van der Waals surface area contributed by atoms with Crippen molar-refractivity contribution >= 4 is 11.5 Å². The van der Waals surface area contributed by atoms with Crippen molar-refractivity contribution in [2.75, 3.05) is 12.8 Å². The first-order valence-electron chi connectivity index (χ1n) is 6.13. The van der Waals surface area contributed by atoms with Gasteiger partial charge < -0.3 is 15.2 Å². The van der Waals surface area contributed by atoms with Crippen LogP contribution in [-0.4, -0.2) is 21.7 Å². The lowest BCUT2D eigenvalue weighted by atomic mass is 10.3. The average molecular weight is 270 g/mol. The molecular weight excluding hydrogens is 256 g/mol. The predicted octanol–water partition coefficient (Wildman–Crippen LogP) is 1.90. The molecule has 0 aliphatic heterocycles. The third kappa shape index (κ3) is 2.35. The molecule has 0 unspecified atom stereocenters. The third-order valence-corrected chi connectivity index (χ3v) is 2.84. The summed E-state index contributed by atoms with van der Waals surface area (Å²) < 4.78 is 12.4. The summed E-state index contributed by atoms with van der Waals surface area (Å²) in [7, 11) is 1.62. The van der Waals surface area contributed by atoms with Crippen LogP contribution in [0.4, 0.5) is 5.82 Å². The molecule has 0 aliphatic carbocycles. The summed E-state index contributed by atoms with van der Waals surface area (Å²) in [4.78, 5) is 4.35. The molecule has 6 nitrogen and oxygen atoms in total. The van der Waals surface area contributed by atoms with Gasteiger partial charge in [-0.25, -0.2) is 4.98 Å². The summed E-state index contributed by atoms with van der Waals surface area (Å²) in [5, 5.41) is 4.29. The Morgan fingerprint density at radius 3 is 2.75 bits per heavy atom. The maximum absolute atomic E-state index is 5.82. The highest BCUT2D eigenvalue weighted by atomic mass is 16.5. The molecule has 0 atom stereocenters. The Bertz CT molecular complexity index is 739. The van der Waals surface area contributed by atoms with E-state index < -0.39 is 0 Å². The molecule has 0 amide bonds. The maximum atomic E-state index is 5.82. The molecule has 20 heavy (non-hydrogen) atoms. The van der Waals surface area contributed by atoms with Crippen LogP contribution in [0.25, 0.3) is 5.65 Å². The second-order valence-electron chi connectivity index (χ2n) is 4.22. The van der Waals surface area contributed by atoms with Crippen molar-refractivity contribution in [2.45, 2.75) is 6.61 Å². The Morgan fingerprint density at radius 1 is 1.15 bits per heavy atom. The SMILES string of the molecule is COc1cccc(OCc2nc3cccc(N)n3n2)c1. The maximum Gasteiger partial charge on any atom is 0.189 e. The number of nitrogens with zero attached hydrogens (tertiary/aromatic N) is 3. The summed E-state index contributed by atoms with van der Waals surface area (Å²) in [5.41, 5.74) is 6.52. The van der Waals surface area contributed by atoms with Crippen LogP contribution in [0.15, 0.2) is 42.5 Å². The lowest BCUT2D eigenvalue weighted by Crippen LogP contribution is -2.00. The van der Waals surface area contributed by atoms with Crippen molar-refractivity contribution < 1.29 is 9.47 Å². The normalized spacial score (nSPS) is 10.7. The van der Waals surface area contributed by atoms with E-state index in [1.807, 2.05) is 36.4 Å². The Hall–Kier alpha value is -2.76. The summed E-state index contributed by atoms with van der Waals surface area (Å²) in [6.45, 7) is 0.272. The summed E-state index contributed by atoms with van der Waals surface area (Å²) >= 11 is 0. The quantitative estimate of drug-likeness (QED) is 0.783. The van der Waals surface area contributed by atoms with E-state index in [-0.39, 0.29) is 6.61 Å². The molecule has 0 saturated heterocycles. The van der Waals surface area contributed by atoms with Crippen LogP contribution in [0.3, 0.4) is 0 Å². The van der Waals surface area contributed by atoms with Gasteiger partial charge in [-0.3, -0.25) is 0 Å².